The summed E-state index contributed by atoms with van der Waals surface area (Å²) in [5.41, 5.74) is 1.89. The third kappa shape index (κ3) is 1.34. The molecule has 0 spiro atoms. The standard InChI is InChI=1S/C12H7ClN2/c13-12-6-3-9-8-2-1-7-14-10(8)4-5-11(9)15-12/h1-7H. The highest BCUT2D eigenvalue weighted by Crippen LogP contribution is 2.23. The molecule has 0 bridgehead atoms. The van der Waals surface area contributed by atoms with Gasteiger partial charge in [-0.25, -0.2) is 4.98 Å². The molecule has 0 saturated heterocycles. The number of nitrogens with zero attached hydrogens (tertiary/aromatic N) is 2. The van der Waals surface area contributed by atoms with Crippen LogP contribution >= 0.6 is 11.6 Å². The van der Waals surface area contributed by atoms with E-state index in [1.165, 1.54) is 0 Å². The molecule has 72 valence electrons. The van der Waals surface area contributed by atoms with Crippen LogP contribution in [0, 0.1) is 0 Å². The fourth-order valence-electron chi connectivity index (χ4n) is 1.74. The zero-order chi connectivity index (χ0) is 10.3. The van der Waals surface area contributed by atoms with Gasteiger partial charge in [-0.2, -0.15) is 0 Å². The molecule has 2 aromatic heterocycles. The quantitative estimate of drug-likeness (QED) is 0.423. The molecular weight excluding hydrogens is 208 g/mol. The van der Waals surface area contributed by atoms with Gasteiger partial charge in [-0.3, -0.25) is 4.98 Å². The lowest BCUT2D eigenvalue weighted by Crippen LogP contribution is -1.83. The summed E-state index contributed by atoms with van der Waals surface area (Å²) in [6.07, 6.45) is 1.79. The van der Waals surface area contributed by atoms with Crippen molar-refractivity contribution in [3.8, 4) is 0 Å². The molecule has 0 aliphatic carbocycles. The SMILES string of the molecule is Clc1ccc2c(ccc3ncccc32)n1. The van der Waals surface area contributed by atoms with Gasteiger partial charge in [0.15, 0.2) is 0 Å². The van der Waals surface area contributed by atoms with Crippen molar-refractivity contribution in [3.63, 3.8) is 0 Å². The van der Waals surface area contributed by atoms with Gasteiger partial charge in [0.1, 0.15) is 5.15 Å². The molecule has 3 heteroatoms. The summed E-state index contributed by atoms with van der Waals surface area (Å²) in [6, 6.07) is 11.7. The van der Waals surface area contributed by atoms with Crippen molar-refractivity contribution < 1.29 is 0 Å². The molecule has 0 radical (unpaired) electrons. The Balaban J connectivity index is 2.55. The van der Waals surface area contributed by atoms with Crippen LogP contribution in [0.5, 0.6) is 0 Å². The van der Waals surface area contributed by atoms with Crippen molar-refractivity contribution in [1.82, 2.24) is 9.97 Å². The van der Waals surface area contributed by atoms with E-state index in [1.807, 2.05) is 30.3 Å². The molecule has 0 aliphatic heterocycles. The summed E-state index contributed by atoms with van der Waals surface area (Å²) in [5, 5.41) is 2.72. The number of pyridine rings is 2. The topological polar surface area (TPSA) is 25.8 Å². The Hall–Kier alpha value is -1.67. The Kier molecular flexibility index (Phi) is 1.82. The van der Waals surface area contributed by atoms with Crippen LogP contribution in [0.4, 0.5) is 0 Å². The van der Waals surface area contributed by atoms with Gasteiger partial charge in [0.25, 0.3) is 0 Å². The predicted molar refractivity (Wildman–Crippen MR) is 62.1 cm³/mol. The minimum Gasteiger partial charge on any atom is -0.256 e. The lowest BCUT2D eigenvalue weighted by molar-refractivity contribution is 1.39. The maximum atomic E-state index is 5.84. The van der Waals surface area contributed by atoms with E-state index in [2.05, 4.69) is 9.97 Å². The van der Waals surface area contributed by atoms with E-state index in [0.29, 0.717) is 5.15 Å². The highest BCUT2D eigenvalue weighted by atomic mass is 35.5. The van der Waals surface area contributed by atoms with Gasteiger partial charge in [0, 0.05) is 17.0 Å². The Morgan fingerprint density at radius 2 is 1.67 bits per heavy atom. The third-order valence-electron chi connectivity index (χ3n) is 2.42. The van der Waals surface area contributed by atoms with Crippen LogP contribution in [0.1, 0.15) is 0 Å². The van der Waals surface area contributed by atoms with Gasteiger partial charge in [-0.1, -0.05) is 17.7 Å². The van der Waals surface area contributed by atoms with Crippen molar-refractivity contribution >= 4 is 33.4 Å². The van der Waals surface area contributed by atoms with Gasteiger partial charge in [-0.05, 0) is 30.3 Å². The van der Waals surface area contributed by atoms with E-state index in [9.17, 15) is 0 Å². The number of rotatable bonds is 0. The number of hydrogen-bond donors (Lipinski definition) is 0. The summed E-state index contributed by atoms with van der Waals surface area (Å²) in [6.45, 7) is 0. The first-order valence-corrected chi connectivity index (χ1v) is 5.02. The van der Waals surface area contributed by atoms with E-state index in [4.69, 9.17) is 11.6 Å². The van der Waals surface area contributed by atoms with E-state index in [0.717, 1.165) is 21.8 Å². The van der Waals surface area contributed by atoms with E-state index >= 15 is 0 Å². The summed E-state index contributed by atoms with van der Waals surface area (Å²) in [4.78, 5) is 8.56. The van der Waals surface area contributed by atoms with Crippen molar-refractivity contribution in [3.05, 3.63) is 47.7 Å². The molecule has 0 N–H and O–H groups in total. The van der Waals surface area contributed by atoms with Crippen molar-refractivity contribution in [2.45, 2.75) is 0 Å². The maximum absolute atomic E-state index is 5.84. The molecule has 3 aromatic rings. The fraction of sp³-hybridized carbons (Fsp3) is 0. The van der Waals surface area contributed by atoms with Gasteiger partial charge in [-0.15, -0.1) is 0 Å². The molecule has 0 atom stereocenters. The molecular formula is C12H7ClN2. The highest BCUT2D eigenvalue weighted by Gasteiger charge is 2.01. The first-order chi connectivity index (χ1) is 7.34. The van der Waals surface area contributed by atoms with E-state index in [-0.39, 0.29) is 0 Å². The number of hydrogen-bond acceptors (Lipinski definition) is 2. The van der Waals surface area contributed by atoms with Crippen LogP contribution in [-0.4, -0.2) is 9.97 Å². The Morgan fingerprint density at radius 1 is 0.867 bits per heavy atom. The van der Waals surface area contributed by atoms with Crippen LogP contribution in [0.3, 0.4) is 0 Å². The van der Waals surface area contributed by atoms with Crippen LogP contribution in [0.25, 0.3) is 21.8 Å². The average molecular weight is 215 g/mol. The Bertz CT molecular complexity index is 649. The van der Waals surface area contributed by atoms with Crippen LogP contribution < -0.4 is 0 Å². The second kappa shape index (κ2) is 3.17. The zero-order valence-electron chi connectivity index (χ0n) is 7.81. The van der Waals surface area contributed by atoms with Gasteiger partial charge in [0.2, 0.25) is 0 Å². The molecule has 0 amide bonds. The summed E-state index contributed by atoms with van der Waals surface area (Å²) in [7, 11) is 0. The molecule has 15 heavy (non-hydrogen) atoms. The monoisotopic (exact) mass is 214 g/mol. The minimum absolute atomic E-state index is 0.519. The largest absolute Gasteiger partial charge is 0.256 e. The lowest BCUT2D eigenvalue weighted by atomic mass is 10.1. The first-order valence-electron chi connectivity index (χ1n) is 4.64. The number of benzene rings is 1. The summed E-state index contributed by atoms with van der Waals surface area (Å²) >= 11 is 5.84. The smallest absolute Gasteiger partial charge is 0.129 e. The number of halogens is 1. The lowest BCUT2D eigenvalue weighted by Gasteiger charge is -2.01. The second-order valence-corrected chi connectivity index (χ2v) is 3.72. The van der Waals surface area contributed by atoms with E-state index in [1.54, 1.807) is 12.3 Å². The minimum atomic E-state index is 0.519. The van der Waals surface area contributed by atoms with Gasteiger partial charge < -0.3 is 0 Å². The predicted octanol–water partition coefficient (Wildman–Crippen LogP) is 3.44. The van der Waals surface area contributed by atoms with E-state index < -0.39 is 0 Å². The van der Waals surface area contributed by atoms with Crippen molar-refractivity contribution in [2.75, 3.05) is 0 Å². The molecule has 0 fully saturated rings. The molecule has 0 unspecified atom stereocenters. The number of aromatic nitrogens is 2. The summed E-state index contributed by atoms with van der Waals surface area (Å²) in [5.74, 6) is 0. The zero-order valence-corrected chi connectivity index (χ0v) is 8.57. The molecule has 1 aromatic carbocycles. The van der Waals surface area contributed by atoms with Gasteiger partial charge >= 0.3 is 0 Å². The average Bonchev–Trinajstić information content (AvgIpc) is 2.28. The third-order valence-corrected chi connectivity index (χ3v) is 2.63. The molecule has 2 nitrogen and oxygen atoms in total. The highest BCUT2D eigenvalue weighted by molar-refractivity contribution is 6.30. The molecule has 3 rings (SSSR count). The summed E-state index contributed by atoms with van der Waals surface area (Å²) < 4.78 is 0. The van der Waals surface area contributed by atoms with Crippen molar-refractivity contribution in [2.24, 2.45) is 0 Å². The van der Waals surface area contributed by atoms with Crippen LogP contribution in [0.2, 0.25) is 5.15 Å². The second-order valence-electron chi connectivity index (χ2n) is 3.34. The van der Waals surface area contributed by atoms with Crippen molar-refractivity contribution in [1.29, 1.82) is 0 Å². The Labute approximate surface area is 91.5 Å². The Morgan fingerprint density at radius 3 is 2.60 bits per heavy atom. The van der Waals surface area contributed by atoms with Crippen LogP contribution in [-0.2, 0) is 0 Å². The van der Waals surface area contributed by atoms with Crippen LogP contribution in [0.15, 0.2) is 42.6 Å². The normalized spacial score (nSPS) is 11.0. The first kappa shape index (κ1) is 8.62. The molecule has 0 saturated carbocycles. The fourth-order valence-corrected chi connectivity index (χ4v) is 1.89. The van der Waals surface area contributed by atoms with Gasteiger partial charge in [0.05, 0.1) is 11.0 Å². The molecule has 0 aliphatic rings. The maximum Gasteiger partial charge on any atom is 0.129 e. The molecule has 2 heterocycles. The number of fused-ring (bicyclic) bond motifs is 3.